The normalized spacial score (nSPS) is 11.6. The monoisotopic (exact) mass is 242 g/mol. The SMILES string of the molecule is Cc1ccncc1CNCCCS(C)(=O)=O. The van der Waals surface area contributed by atoms with Gasteiger partial charge >= 0.3 is 0 Å². The van der Waals surface area contributed by atoms with E-state index in [1.807, 2.05) is 19.2 Å². The van der Waals surface area contributed by atoms with E-state index in [4.69, 9.17) is 0 Å². The molecular formula is C11H18N2O2S. The highest BCUT2D eigenvalue weighted by atomic mass is 32.2. The minimum Gasteiger partial charge on any atom is -0.313 e. The molecule has 0 radical (unpaired) electrons. The topological polar surface area (TPSA) is 59.1 Å². The lowest BCUT2D eigenvalue weighted by Crippen LogP contribution is -2.18. The van der Waals surface area contributed by atoms with Gasteiger partial charge in [0.2, 0.25) is 0 Å². The average molecular weight is 242 g/mol. The van der Waals surface area contributed by atoms with Crippen molar-refractivity contribution in [2.24, 2.45) is 0 Å². The number of rotatable bonds is 6. The molecule has 0 saturated carbocycles. The van der Waals surface area contributed by atoms with E-state index in [0.717, 1.165) is 12.1 Å². The van der Waals surface area contributed by atoms with Crippen molar-refractivity contribution in [3.05, 3.63) is 29.6 Å². The van der Waals surface area contributed by atoms with E-state index in [9.17, 15) is 8.42 Å². The Bertz CT molecular complexity index is 429. The van der Waals surface area contributed by atoms with Crippen LogP contribution in [0, 0.1) is 6.92 Å². The number of aryl methyl sites for hydroxylation is 1. The predicted octanol–water partition coefficient (Wildman–Crippen LogP) is 0.914. The van der Waals surface area contributed by atoms with Crippen LogP contribution in [-0.4, -0.2) is 32.0 Å². The second-order valence-corrected chi connectivity index (χ2v) is 6.22. The highest BCUT2D eigenvalue weighted by molar-refractivity contribution is 7.90. The van der Waals surface area contributed by atoms with Crippen molar-refractivity contribution in [3.63, 3.8) is 0 Å². The Hall–Kier alpha value is -0.940. The van der Waals surface area contributed by atoms with Crippen LogP contribution in [-0.2, 0) is 16.4 Å². The van der Waals surface area contributed by atoms with Gasteiger partial charge in [-0.2, -0.15) is 0 Å². The lowest BCUT2D eigenvalue weighted by molar-refractivity contribution is 0.594. The third kappa shape index (κ3) is 5.23. The van der Waals surface area contributed by atoms with Crippen LogP contribution in [0.15, 0.2) is 18.5 Å². The van der Waals surface area contributed by atoms with Crippen LogP contribution in [0.3, 0.4) is 0 Å². The standard InChI is InChI=1S/C11H18N2O2S/c1-10-4-6-13-9-11(10)8-12-5-3-7-16(2,14)15/h4,6,9,12H,3,5,7-8H2,1-2H3. The lowest BCUT2D eigenvalue weighted by atomic mass is 10.1. The summed E-state index contributed by atoms with van der Waals surface area (Å²) in [6.07, 6.45) is 5.51. The minimum atomic E-state index is -2.83. The van der Waals surface area contributed by atoms with Crippen molar-refractivity contribution < 1.29 is 8.42 Å². The molecule has 1 aromatic rings. The van der Waals surface area contributed by atoms with Crippen LogP contribution in [0.4, 0.5) is 0 Å². The van der Waals surface area contributed by atoms with E-state index in [0.29, 0.717) is 13.0 Å². The Labute approximate surface area is 97.0 Å². The molecule has 1 N–H and O–H groups in total. The van der Waals surface area contributed by atoms with E-state index in [1.54, 1.807) is 6.20 Å². The molecule has 0 fully saturated rings. The molecule has 0 aliphatic rings. The zero-order chi connectivity index (χ0) is 12.0. The highest BCUT2D eigenvalue weighted by Gasteiger charge is 2.01. The third-order valence-electron chi connectivity index (χ3n) is 2.33. The van der Waals surface area contributed by atoms with Crippen LogP contribution >= 0.6 is 0 Å². The van der Waals surface area contributed by atoms with Gasteiger partial charge in [-0.1, -0.05) is 0 Å². The van der Waals surface area contributed by atoms with Gasteiger partial charge in [-0.15, -0.1) is 0 Å². The minimum absolute atomic E-state index is 0.242. The first-order chi connectivity index (χ1) is 7.49. The molecule has 0 bridgehead atoms. The van der Waals surface area contributed by atoms with Gasteiger partial charge in [-0.3, -0.25) is 4.98 Å². The number of hydrogen-bond donors (Lipinski definition) is 1. The van der Waals surface area contributed by atoms with Gasteiger partial charge < -0.3 is 5.32 Å². The number of nitrogens with one attached hydrogen (secondary N) is 1. The molecule has 1 rings (SSSR count). The molecule has 0 amide bonds. The van der Waals surface area contributed by atoms with Crippen molar-refractivity contribution in [3.8, 4) is 0 Å². The molecule has 0 saturated heterocycles. The summed E-state index contributed by atoms with van der Waals surface area (Å²) in [4.78, 5) is 4.05. The van der Waals surface area contributed by atoms with Gasteiger partial charge in [-0.25, -0.2) is 8.42 Å². The lowest BCUT2D eigenvalue weighted by Gasteiger charge is -2.06. The molecule has 16 heavy (non-hydrogen) atoms. The smallest absolute Gasteiger partial charge is 0.147 e. The van der Waals surface area contributed by atoms with Crippen molar-refractivity contribution >= 4 is 9.84 Å². The molecule has 0 unspecified atom stereocenters. The van der Waals surface area contributed by atoms with Crippen LogP contribution in [0.1, 0.15) is 17.5 Å². The molecular weight excluding hydrogens is 224 g/mol. The number of nitrogens with zero attached hydrogens (tertiary/aromatic N) is 1. The number of pyridine rings is 1. The summed E-state index contributed by atoms with van der Waals surface area (Å²) in [5.41, 5.74) is 2.35. The Balaban J connectivity index is 2.24. The molecule has 1 heterocycles. The van der Waals surface area contributed by atoms with Crippen LogP contribution in [0.2, 0.25) is 0 Å². The maximum atomic E-state index is 10.9. The van der Waals surface area contributed by atoms with E-state index >= 15 is 0 Å². The fraction of sp³-hybridized carbons (Fsp3) is 0.545. The van der Waals surface area contributed by atoms with Gasteiger partial charge in [0.25, 0.3) is 0 Å². The first kappa shape index (κ1) is 13.1. The highest BCUT2D eigenvalue weighted by Crippen LogP contribution is 2.03. The largest absolute Gasteiger partial charge is 0.313 e. The Morgan fingerprint density at radius 1 is 1.44 bits per heavy atom. The summed E-state index contributed by atoms with van der Waals surface area (Å²) >= 11 is 0. The maximum Gasteiger partial charge on any atom is 0.147 e. The third-order valence-corrected chi connectivity index (χ3v) is 3.36. The molecule has 0 atom stereocenters. The van der Waals surface area contributed by atoms with E-state index in [2.05, 4.69) is 10.3 Å². The maximum absolute atomic E-state index is 10.9. The summed E-state index contributed by atoms with van der Waals surface area (Å²) < 4.78 is 21.8. The number of hydrogen-bond acceptors (Lipinski definition) is 4. The van der Waals surface area contributed by atoms with Crippen molar-refractivity contribution in [1.29, 1.82) is 0 Å². The Kier molecular flexibility index (Phi) is 4.89. The summed E-state index contributed by atoms with van der Waals surface area (Å²) in [5.74, 6) is 0.242. The molecule has 1 aromatic heterocycles. The molecule has 0 spiro atoms. The van der Waals surface area contributed by atoms with Crippen LogP contribution < -0.4 is 5.32 Å². The predicted molar refractivity (Wildman–Crippen MR) is 65.0 cm³/mol. The summed E-state index contributed by atoms with van der Waals surface area (Å²) in [7, 11) is -2.83. The van der Waals surface area contributed by atoms with Crippen molar-refractivity contribution in [2.75, 3.05) is 18.6 Å². The Morgan fingerprint density at radius 2 is 2.19 bits per heavy atom. The Morgan fingerprint density at radius 3 is 2.81 bits per heavy atom. The zero-order valence-electron chi connectivity index (χ0n) is 9.73. The second kappa shape index (κ2) is 5.96. The summed E-state index contributed by atoms with van der Waals surface area (Å²) in [6, 6.07) is 1.97. The summed E-state index contributed by atoms with van der Waals surface area (Å²) in [5, 5.41) is 3.21. The van der Waals surface area contributed by atoms with Crippen LogP contribution in [0.5, 0.6) is 0 Å². The van der Waals surface area contributed by atoms with Crippen LogP contribution in [0.25, 0.3) is 0 Å². The van der Waals surface area contributed by atoms with E-state index < -0.39 is 9.84 Å². The van der Waals surface area contributed by atoms with E-state index in [-0.39, 0.29) is 5.75 Å². The van der Waals surface area contributed by atoms with Gasteiger partial charge in [0.05, 0.1) is 5.75 Å². The molecule has 4 nitrogen and oxygen atoms in total. The quantitative estimate of drug-likeness (QED) is 0.753. The number of aromatic nitrogens is 1. The first-order valence-corrected chi connectivity index (χ1v) is 7.33. The van der Waals surface area contributed by atoms with Gasteiger partial charge in [-0.05, 0) is 37.1 Å². The van der Waals surface area contributed by atoms with Crippen molar-refractivity contribution in [1.82, 2.24) is 10.3 Å². The fourth-order valence-electron chi connectivity index (χ4n) is 1.36. The average Bonchev–Trinajstić information content (AvgIpc) is 2.18. The summed E-state index contributed by atoms with van der Waals surface area (Å²) in [6.45, 7) is 3.49. The molecule has 0 aliphatic carbocycles. The first-order valence-electron chi connectivity index (χ1n) is 5.27. The fourth-order valence-corrected chi connectivity index (χ4v) is 2.03. The molecule has 90 valence electrons. The zero-order valence-corrected chi connectivity index (χ0v) is 10.5. The van der Waals surface area contributed by atoms with Crippen molar-refractivity contribution in [2.45, 2.75) is 19.9 Å². The molecule has 0 aromatic carbocycles. The molecule has 5 heteroatoms. The van der Waals surface area contributed by atoms with Gasteiger partial charge in [0.15, 0.2) is 0 Å². The number of sulfone groups is 1. The van der Waals surface area contributed by atoms with Gasteiger partial charge in [0, 0.05) is 25.2 Å². The second-order valence-electron chi connectivity index (χ2n) is 3.96. The van der Waals surface area contributed by atoms with Gasteiger partial charge in [0.1, 0.15) is 9.84 Å². The molecule has 0 aliphatic heterocycles. The van der Waals surface area contributed by atoms with E-state index in [1.165, 1.54) is 11.8 Å².